The monoisotopic (exact) mass is 214 g/mol. The van der Waals surface area contributed by atoms with Crippen molar-refractivity contribution in [3.8, 4) is 0 Å². The second-order valence-electron chi connectivity index (χ2n) is 3.39. The normalized spacial score (nSPS) is 14.8. The van der Waals surface area contributed by atoms with Crippen LogP contribution in [0.1, 0.15) is 12.5 Å². The summed E-state index contributed by atoms with van der Waals surface area (Å²) < 4.78 is 0. The molecule has 0 radical (unpaired) electrons. The van der Waals surface area contributed by atoms with Crippen molar-refractivity contribution in [2.45, 2.75) is 18.9 Å². The van der Waals surface area contributed by atoms with Crippen LogP contribution in [0.25, 0.3) is 0 Å². The minimum atomic E-state index is -1.75. The molecular weight excluding hydrogens is 204 g/mol. The van der Waals surface area contributed by atoms with Crippen LogP contribution in [0, 0.1) is 0 Å². The quantitative estimate of drug-likeness (QED) is 0.806. The van der Waals surface area contributed by atoms with E-state index in [0.29, 0.717) is 10.6 Å². The lowest BCUT2D eigenvalue weighted by molar-refractivity contribution is -0.156. The third-order valence-corrected chi connectivity index (χ3v) is 2.13. The van der Waals surface area contributed by atoms with E-state index >= 15 is 0 Å². The Morgan fingerprint density at radius 1 is 1.57 bits per heavy atom. The first kappa shape index (κ1) is 11.0. The predicted octanol–water partition coefficient (Wildman–Crippen LogP) is 1.72. The molecule has 0 fully saturated rings. The zero-order valence-electron chi connectivity index (χ0n) is 7.70. The molecule has 1 unspecified atom stereocenters. The summed E-state index contributed by atoms with van der Waals surface area (Å²) in [7, 11) is 0. The van der Waals surface area contributed by atoms with Gasteiger partial charge in [0.25, 0.3) is 0 Å². The molecule has 0 aliphatic heterocycles. The molecule has 0 spiro atoms. The molecule has 0 aliphatic carbocycles. The molecule has 1 atom stereocenters. The van der Waals surface area contributed by atoms with Gasteiger partial charge in [0.05, 0.1) is 0 Å². The van der Waals surface area contributed by atoms with Gasteiger partial charge in [0.15, 0.2) is 5.60 Å². The van der Waals surface area contributed by atoms with E-state index in [1.54, 1.807) is 24.3 Å². The fourth-order valence-electron chi connectivity index (χ4n) is 1.12. The highest BCUT2D eigenvalue weighted by atomic mass is 35.5. The fraction of sp³-hybridized carbons (Fsp3) is 0.300. The summed E-state index contributed by atoms with van der Waals surface area (Å²) in [6.07, 6.45) is 0.0445. The molecule has 76 valence electrons. The molecule has 4 heteroatoms. The zero-order chi connectivity index (χ0) is 10.8. The summed E-state index contributed by atoms with van der Waals surface area (Å²) in [5.41, 5.74) is -1.05. The van der Waals surface area contributed by atoms with Crippen LogP contribution in [0.4, 0.5) is 0 Å². The molecule has 3 nitrogen and oxygen atoms in total. The second-order valence-corrected chi connectivity index (χ2v) is 3.82. The van der Waals surface area contributed by atoms with Crippen molar-refractivity contribution < 1.29 is 15.0 Å². The molecular formula is C10H11ClO3. The van der Waals surface area contributed by atoms with Gasteiger partial charge in [0, 0.05) is 11.4 Å². The van der Waals surface area contributed by atoms with Gasteiger partial charge in [-0.05, 0) is 24.6 Å². The van der Waals surface area contributed by atoms with Gasteiger partial charge in [0.2, 0.25) is 0 Å². The number of aliphatic carboxylic acids is 1. The summed E-state index contributed by atoms with van der Waals surface area (Å²) in [5, 5.41) is 18.7. The number of hydrogen-bond acceptors (Lipinski definition) is 2. The number of halogens is 1. The van der Waals surface area contributed by atoms with E-state index in [2.05, 4.69) is 0 Å². The Morgan fingerprint density at radius 2 is 2.21 bits per heavy atom. The van der Waals surface area contributed by atoms with Crippen LogP contribution >= 0.6 is 11.6 Å². The van der Waals surface area contributed by atoms with E-state index in [1.807, 2.05) is 0 Å². The number of benzene rings is 1. The molecule has 1 aromatic rings. The minimum Gasteiger partial charge on any atom is -0.479 e. The van der Waals surface area contributed by atoms with Crippen molar-refractivity contribution in [2.75, 3.05) is 0 Å². The number of hydrogen-bond donors (Lipinski definition) is 2. The van der Waals surface area contributed by atoms with Gasteiger partial charge in [-0.25, -0.2) is 4.79 Å². The number of carbonyl (C=O) groups is 1. The molecule has 0 heterocycles. The third kappa shape index (κ3) is 2.72. The highest BCUT2D eigenvalue weighted by Gasteiger charge is 2.29. The van der Waals surface area contributed by atoms with E-state index in [1.165, 1.54) is 6.92 Å². The first-order valence-corrected chi connectivity index (χ1v) is 4.50. The largest absolute Gasteiger partial charge is 0.479 e. The zero-order valence-corrected chi connectivity index (χ0v) is 8.45. The summed E-state index contributed by atoms with van der Waals surface area (Å²) in [6.45, 7) is 1.26. The second kappa shape index (κ2) is 3.98. The van der Waals surface area contributed by atoms with E-state index in [0.717, 1.165) is 0 Å². The van der Waals surface area contributed by atoms with Gasteiger partial charge in [-0.2, -0.15) is 0 Å². The third-order valence-electron chi connectivity index (χ3n) is 1.90. The van der Waals surface area contributed by atoms with Crippen LogP contribution in [-0.2, 0) is 11.2 Å². The number of rotatable bonds is 3. The minimum absolute atomic E-state index is 0.0445. The molecule has 0 aromatic heterocycles. The Morgan fingerprint density at radius 3 is 2.71 bits per heavy atom. The van der Waals surface area contributed by atoms with Gasteiger partial charge in [-0.1, -0.05) is 23.7 Å². The smallest absolute Gasteiger partial charge is 0.335 e. The molecule has 1 aromatic carbocycles. The lowest BCUT2D eigenvalue weighted by Crippen LogP contribution is -2.37. The topological polar surface area (TPSA) is 57.5 Å². The number of carboxylic acid groups (broad SMARTS) is 1. The number of aliphatic hydroxyl groups is 1. The molecule has 2 N–H and O–H groups in total. The molecule has 0 amide bonds. The SMILES string of the molecule is CC(O)(Cc1cccc(Cl)c1)C(=O)O. The predicted molar refractivity (Wildman–Crippen MR) is 53.4 cm³/mol. The first-order valence-electron chi connectivity index (χ1n) is 4.12. The Hall–Kier alpha value is -1.06. The highest BCUT2D eigenvalue weighted by molar-refractivity contribution is 6.30. The van der Waals surface area contributed by atoms with Crippen LogP contribution in [0.3, 0.4) is 0 Å². The summed E-state index contributed by atoms with van der Waals surface area (Å²) >= 11 is 5.72. The van der Waals surface area contributed by atoms with Gasteiger partial charge in [-0.3, -0.25) is 0 Å². The Balaban J connectivity index is 2.83. The Kier molecular flexibility index (Phi) is 3.13. The van der Waals surface area contributed by atoms with Crippen LogP contribution in [0.5, 0.6) is 0 Å². The maximum absolute atomic E-state index is 10.6. The maximum atomic E-state index is 10.6. The van der Waals surface area contributed by atoms with Gasteiger partial charge in [0.1, 0.15) is 0 Å². The van der Waals surface area contributed by atoms with E-state index in [-0.39, 0.29) is 6.42 Å². The number of carboxylic acids is 1. The van der Waals surface area contributed by atoms with Gasteiger partial charge < -0.3 is 10.2 Å². The Labute approximate surface area is 86.9 Å². The molecule has 0 saturated carbocycles. The van der Waals surface area contributed by atoms with Crippen molar-refractivity contribution in [3.63, 3.8) is 0 Å². The average molecular weight is 215 g/mol. The summed E-state index contributed by atoms with van der Waals surface area (Å²) in [6, 6.07) is 6.78. The standard InChI is InChI=1S/C10H11ClO3/c1-10(14,9(12)13)6-7-3-2-4-8(11)5-7/h2-5,14H,6H2,1H3,(H,12,13). The van der Waals surface area contributed by atoms with Crippen LogP contribution in [0.15, 0.2) is 24.3 Å². The molecule has 14 heavy (non-hydrogen) atoms. The van der Waals surface area contributed by atoms with E-state index < -0.39 is 11.6 Å². The average Bonchev–Trinajstić information content (AvgIpc) is 2.02. The van der Waals surface area contributed by atoms with E-state index in [9.17, 15) is 9.90 Å². The molecule has 0 aliphatic rings. The fourth-order valence-corrected chi connectivity index (χ4v) is 1.33. The van der Waals surface area contributed by atoms with Crippen molar-refractivity contribution in [2.24, 2.45) is 0 Å². The molecule has 0 bridgehead atoms. The van der Waals surface area contributed by atoms with Crippen molar-refractivity contribution in [3.05, 3.63) is 34.9 Å². The molecule has 1 rings (SSSR count). The van der Waals surface area contributed by atoms with Crippen molar-refractivity contribution in [1.29, 1.82) is 0 Å². The van der Waals surface area contributed by atoms with Crippen LogP contribution in [-0.4, -0.2) is 21.8 Å². The lowest BCUT2D eigenvalue weighted by atomic mass is 9.97. The highest BCUT2D eigenvalue weighted by Crippen LogP contribution is 2.17. The van der Waals surface area contributed by atoms with Gasteiger partial charge >= 0.3 is 5.97 Å². The Bertz CT molecular complexity index is 347. The van der Waals surface area contributed by atoms with Crippen molar-refractivity contribution >= 4 is 17.6 Å². The van der Waals surface area contributed by atoms with Crippen molar-refractivity contribution in [1.82, 2.24) is 0 Å². The first-order chi connectivity index (χ1) is 6.42. The molecule has 0 saturated heterocycles. The van der Waals surface area contributed by atoms with Crippen LogP contribution in [0.2, 0.25) is 5.02 Å². The maximum Gasteiger partial charge on any atom is 0.335 e. The summed E-state index contributed by atoms with van der Waals surface area (Å²) in [4.78, 5) is 10.6. The van der Waals surface area contributed by atoms with Gasteiger partial charge in [-0.15, -0.1) is 0 Å². The van der Waals surface area contributed by atoms with E-state index in [4.69, 9.17) is 16.7 Å². The lowest BCUT2D eigenvalue weighted by Gasteiger charge is -2.17. The van der Waals surface area contributed by atoms with Crippen LogP contribution < -0.4 is 0 Å². The summed E-state index contributed by atoms with van der Waals surface area (Å²) in [5.74, 6) is -1.24.